The fourth-order valence-electron chi connectivity index (χ4n) is 3.74. The van der Waals surface area contributed by atoms with Crippen molar-refractivity contribution in [2.24, 2.45) is 0 Å². The van der Waals surface area contributed by atoms with E-state index in [1.807, 2.05) is 0 Å². The third-order valence-corrected chi connectivity index (χ3v) is 6.03. The summed E-state index contributed by atoms with van der Waals surface area (Å²) in [6, 6.07) is 10.4. The van der Waals surface area contributed by atoms with E-state index in [0.29, 0.717) is 30.9 Å². The fourth-order valence-corrected chi connectivity index (χ4v) is 4.27. The molecule has 0 unspecified atom stereocenters. The quantitative estimate of drug-likeness (QED) is 0.495. The zero-order valence-electron chi connectivity index (χ0n) is 17.4. The highest BCUT2D eigenvalue weighted by molar-refractivity contribution is 6.34. The molecule has 1 aliphatic heterocycles. The van der Waals surface area contributed by atoms with E-state index in [-0.39, 0.29) is 34.5 Å². The summed E-state index contributed by atoms with van der Waals surface area (Å²) in [5, 5.41) is 9.25. The maximum absolute atomic E-state index is 14.1. The molecule has 4 rings (SSSR count). The first kappa shape index (κ1) is 23.1. The van der Waals surface area contributed by atoms with Gasteiger partial charge in [0.25, 0.3) is 5.56 Å². The van der Waals surface area contributed by atoms with E-state index in [2.05, 4.69) is 0 Å². The number of halogens is 3. The van der Waals surface area contributed by atoms with Crippen LogP contribution in [-0.4, -0.2) is 22.2 Å². The van der Waals surface area contributed by atoms with Crippen molar-refractivity contribution >= 4 is 29.2 Å². The van der Waals surface area contributed by atoms with Gasteiger partial charge in [-0.3, -0.25) is 4.79 Å². The van der Waals surface area contributed by atoms with Gasteiger partial charge >= 0.3 is 5.97 Å². The van der Waals surface area contributed by atoms with Crippen molar-refractivity contribution in [2.75, 3.05) is 6.61 Å². The van der Waals surface area contributed by atoms with Crippen LogP contribution in [0.25, 0.3) is 0 Å². The highest BCUT2D eigenvalue weighted by Gasteiger charge is 2.20. The van der Waals surface area contributed by atoms with Gasteiger partial charge in [0.15, 0.2) is 11.5 Å². The Balaban J connectivity index is 1.59. The van der Waals surface area contributed by atoms with E-state index >= 15 is 0 Å². The van der Waals surface area contributed by atoms with Gasteiger partial charge in [-0.15, -0.1) is 0 Å². The Morgan fingerprint density at radius 3 is 2.64 bits per heavy atom. The van der Waals surface area contributed by atoms with E-state index in [0.717, 1.165) is 17.5 Å². The first-order valence-corrected chi connectivity index (χ1v) is 11.1. The molecular weight excluding hydrogens is 472 g/mol. The molecule has 172 valence electrons. The third kappa shape index (κ3) is 5.15. The molecule has 0 atom stereocenters. The number of aromatic carboxylic acids is 1. The number of pyridine rings is 1. The van der Waals surface area contributed by atoms with Crippen LogP contribution in [0.4, 0.5) is 4.39 Å². The topological polar surface area (TPSA) is 77.8 Å². The number of hydrogen-bond donors (Lipinski definition) is 1. The molecule has 1 N–H and O–H groups in total. The molecule has 0 bridgehead atoms. The van der Waals surface area contributed by atoms with Crippen molar-refractivity contribution in [1.29, 1.82) is 0 Å². The van der Waals surface area contributed by atoms with E-state index < -0.39 is 17.3 Å². The van der Waals surface area contributed by atoms with Crippen LogP contribution in [0.1, 0.15) is 33.6 Å². The number of carbonyl (C=O) groups is 1. The Morgan fingerprint density at radius 1 is 1.15 bits per heavy atom. The summed E-state index contributed by atoms with van der Waals surface area (Å²) < 4.78 is 27.0. The minimum atomic E-state index is -1.01. The maximum Gasteiger partial charge on any atom is 0.335 e. The van der Waals surface area contributed by atoms with Crippen molar-refractivity contribution in [3.05, 3.63) is 91.1 Å². The highest BCUT2D eigenvalue weighted by atomic mass is 35.5. The molecule has 0 aliphatic carbocycles. The number of benzene rings is 2. The largest absolute Gasteiger partial charge is 0.489 e. The van der Waals surface area contributed by atoms with Crippen LogP contribution in [0.3, 0.4) is 0 Å². The molecule has 0 spiro atoms. The molecule has 0 fully saturated rings. The van der Waals surface area contributed by atoms with Gasteiger partial charge in [0, 0.05) is 18.2 Å². The van der Waals surface area contributed by atoms with Crippen LogP contribution in [0, 0.1) is 5.82 Å². The number of ether oxygens (including phenoxy) is 2. The van der Waals surface area contributed by atoms with Crippen molar-refractivity contribution < 1.29 is 23.8 Å². The highest BCUT2D eigenvalue weighted by Crippen LogP contribution is 2.36. The second kappa shape index (κ2) is 9.85. The molecule has 0 radical (unpaired) electrons. The number of rotatable bonds is 7. The molecule has 0 saturated carbocycles. The lowest BCUT2D eigenvalue weighted by Gasteiger charge is -2.21. The average Bonchev–Trinajstić information content (AvgIpc) is 2.79. The number of aryl methyl sites for hydroxylation is 2. The van der Waals surface area contributed by atoms with Crippen LogP contribution < -0.4 is 15.0 Å². The van der Waals surface area contributed by atoms with Crippen molar-refractivity contribution in [2.45, 2.75) is 32.4 Å². The lowest BCUT2D eigenvalue weighted by atomic mass is 10.1. The standard InChI is InChI=1S/C24H20Cl2FNO5/c25-18-12-19(26)23(29)28(8-7-14-3-5-15(6-4-14)24(30)31)20(18)13-33-21-11-17(27)10-16-2-1-9-32-22(16)21/h3-6,10-12H,1-2,7-9,13H2,(H,30,31). The normalized spacial score (nSPS) is 12.7. The van der Waals surface area contributed by atoms with Crippen LogP contribution in [0.15, 0.2) is 47.3 Å². The Kier molecular flexibility index (Phi) is 6.91. The summed E-state index contributed by atoms with van der Waals surface area (Å²) in [5.74, 6) is -0.694. The zero-order valence-corrected chi connectivity index (χ0v) is 19.0. The van der Waals surface area contributed by atoms with Gasteiger partial charge < -0.3 is 19.1 Å². The molecule has 2 heterocycles. The summed E-state index contributed by atoms with van der Waals surface area (Å²) >= 11 is 12.5. The van der Waals surface area contributed by atoms with Crippen LogP contribution in [0.5, 0.6) is 11.5 Å². The van der Waals surface area contributed by atoms with E-state index in [1.54, 1.807) is 12.1 Å². The molecule has 0 amide bonds. The second-order valence-electron chi connectivity index (χ2n) is 7.63. The smallest absolute Gasteiger partial charge is 0.335 e. The van der Waals surface area contributed by atoms with Crippen LogP contribution in [0.2, 0.25) is 10.0 Å². The van der Waals surface area contributed by atoms with Crippen molar-refractivity contribution in [1.82, 2.24) is 4.57 Å². The van der Waals surface area contributed by atoms with E-state index in [4.69, 9.17) is 37.8 Å². The number of fused-ring (bicyclic) bond motifs is 1. The van der Waals surface area contributed by atoms with Gasteiger partial charge in [0.2, 0.25) is 0 Å². The summed E-state index contributed by atoms with van der Waals surface area (Å²) in [6.45, 7) is 0.659. The van der Waals surface area contributed by atoms with E-state index in [1.165, 1.54) is 34.9 Å². The minimum Gasteiger partial charge on any atom is -0.489 e. The Morgan fingerprint density at radius 2 is 1.91 bits per heavy atom. The Labute approximate surface area is 199 Å². The molecule has 1 aromatic heterocycles. The summed E-state index contributed by atoms with van der Waals surface area (Å²) in [4.78, 5) is 23.8. The molecule has 3 aromatic rings. The van der Waals surface area contributed by atoms with E-state index in [9.17, 15) is 14.0 Å². The summed E-state index contributed by atoms with van der Waals surface area (Å²) in [6.07, 6.45) is 1.92. The predicted octanol–water partition coefficient (Wildman–Crippen LogP) is 5.14. The molecular formula is C24H20Cl2FNO5. The second-order valence-corrected chi connectivity index (χ2v) is 8.44. The van der Waals surface area contributed by atoms with Gasteiger partial charge in [-0.05, 0) is 49.1 Å². The SMILES string of the molecule is O=C(O)c1ccc(CCn2c(COc3cc(F)cc4c3OCCC4)c(Cl)cc(Cl)c2=O)cc1. The number of carboxylic acid groups (broad SMARTS) is 1. The zero-order chi connectivity index (χ0) is 23.5. The molecule has 6 nitrogen and oxygen atoms in total. The molecule has 33 heavy (non-hydrogen) atoms. The molecule has 2 aromatic carbocycles. The Hall–Kier alpha value is -3.03. The lowest BCUT2D eigenvalue weighted by molar-refractivity contribution is 0.0697. The molecule has 0 saturated heterocycles. The average molecular weight is 492 g/mol. The van der Waals surface area contributed by atoms with Gasteiger partial charge in [-0.2, -0.15) is 0 Å². The van der Waals surface area contributed by atoms with Gasteiger partial charge in [-0.25, -0.2) is 9.18 Å². The predicted molar refractivity (Wildman–Crippen MR) is 122 cm³/mol. The first-order valence-electron chi connectivity index (χ1n) is 10.3. The first-order chi connectivity index (χ1) is 15.8. The van der Waals surface area contributed by atoms with Crippen LogP contribution >= 0.6 is 23.2 Å². The van der Waals surface area contributed by atoms with Crippen molar-refractivity contribution in [3.8, 4) is 11.5 Å². The van der Waals surface area contributed by atoms with Crippen LogP contribution in [-0.2, 0) is 26.0 Å². The lowest BCUT2D eigenvalue weighted by Crippen LogP contribution is -2.26. The number of hydrogen-bond acceptors (Lipinski definition) is 4. The molecule has 9 heteroatoms. The van der Waals surface area contributed by atoms with Crippen molar-refractivity contribution in [3.63, 3.8) is 0 Å². The third-order valence-electron chi connectivity index (χ3n) is 5.43. The van der Waals surface area contributed by atoms with Gasteiger partial charge in [-0.1, -0.05) is 35.3 Å². The molecule has 1 aliphatic rings. The summed E-state index contributed by atoms with van der Waals surface area (Å²) in [7, 11) is 0. The van der Waals surface area contributed by atoms with Gasteiger partial charge in [0.05, 0.1) is 22.9 Å². The Bertz CT molecular complexity index is 1260. The number of nitrogens with zero attached hydrogens (tertiary/aromatic N) is 1. The fraction of sp³-hybridized carbons (Fsp3) is 0.250. The van der Waals surface area contributed by atoms with Gasteiger partial charge in [0.1, 0.15) is 17.4 Å². The monoisotopic (exact) mass is 491 g/mol. The minimum absolute atomic E-state index is 0.0311. The maximum atomic E-state index is 14.1. The number of aromatic nitrogens is 1. The number of carboxylic acids is 1. The summed E-state index contributed by atoms with van der Waals surface area (Å²) in [5.41, 5.74) is 1.71.